The topological polar surface area (TPSA) is 95.7 Å². The predicted octanol–water partition coefficient (Wildman–Crippen LogP) is 3.90. The molecule has 0 bridgehead atoms. The van der Waals surface area contributed by atoms with Gasteiger partial charge < -0.3 is 14.2 Å². The van der Waals surface area contributed by atoms with Gasteiger partial charge in [-0.1, -0.05) is 12.1 Å². The first-order chi connectivity index (χ1) is 17.0. The molecule has 12 heteroatoms. The van der Waals surface area contributed by atoms with Crippen molar-refractivity contribution < 1.29 is 27.2 Å². The van der Waals surface area contributed by atoms with E-state index in [2.05, 4.69) is 15.2 Å². The molecule has 0 radical (unpaired) electrons. The van der Waals surface area contributed by atoms with Crippen molar-refractivity contribution in [2.24, 2.45) is 0 Å². The van der Waals surface area contributed by atoms with Crippen LogP contribution in [0.5, 0.6) is 0 Å². The maximum atomic E-state index is 13.7. The van der Waals surface area contributed by atoms with E-state index in [4.69, 9.17) is 4.42 Å². The summed E-state index contributed by atoms with van der Waals surface area (Å²) in [7, 11) is 3.39. The van der Waals surface area contributed by atoms with E-state index in [0.29, 0.717) is 18.1 Å². The SMILES string of the molecule is Cc1cc(C(F)(F)F)cc(N2C(=O)CCC2C(=O)N(C)c2cccc(C)c2N(C)Cc2nnco2)n1. The minimum Gasteiger partial charge on any atom is -0.426 e. The van der Waals surface area contributed by atoms with Crippen LogP contribution in [0.15, 0.2) is 41.1 Å². The lowest BCUT2D eigenvalue weighted by Crippen LogP contribution is -2.46. The highest BCUT2D eigenvalue weighted by atomic mass is 19.4. The van der Waals surface area contributed by atoms with Crippen LogP contribution in [0.3, 0.4) is 0 Å². The number of carbonyl (C=O) groups excluding carboxylic acids is 2. The van der Waals surface area contributed by atoms with Crippen molar-refractivity contribution in [3.63, 3.8) is 0 Å². The average molecular weight is 502 g/mol. The summed E-state index contributed by atoms with van der Waals surface area (Å²) in [5.41, 5.74) is 1.35. The van der Waals surface area contributed by atoms with Gasteiger partial charge in [-0.15, -0.1) is 10.2 Å². The fourth-order valence-electron chi connectivity index (χ4n) is 4.44. The van der Waals surface area contributed by atoms with Gasteiger partial charge in [-0.05, 0) is 44.0 Å². The van der Waals surface area contributed by atoms with Gasteiger partial charge in [0.1, 0.15) is 11.9 Å². The summed E-state index contributed by atoms with van der Waals surface area (Å²) in [4.78, 5) is 34.9. The monoisotopic (exact) mass is 502 g/mol. The summed E-state index contributed by atoms with van der Waals surface area (Å²) in [5, 5.41) is 7.58. The third-order valence-corrected chi connectivity index (χ3v) is 6.08. The van der Waals surface area contributed by atoms with Crippen LogP contribution in [0.1, 0.15) is 35.6 Å². The van der Waals surface area contributed by atoms with Gasteiger partial charge in [-0.3, -0.25) is 14.5 Å². The van der Waals surface area contributed by atoms with Gasteiger partial charge in [0.05, 0.1) is 23.5 Å². The third kappa shape index (κ3) is 4.88. The van der Waals surface area contributed by atoms with Crippen molar-refractivity contribution in [2.75, 3.05) is 28.8 Å². The van der Waals surface area contributed by atoms with Gasteiger partial charge >= 0.3 is 6.18 Å². The molecule has 1 unspecified atom stereocenters. The number of anilines is 3. The van der Waals surface area contributed by atoms with Crippen molar-refractivity contribution in [3.8, 4) is 0 Å². The molecule has 36 heavy (non-hydrogen) atoms. The molecule has 0 aliphatic carbocycles. The van der Waals surface area contributed by atoms with Crippen molar-refractivity contribution in [1.29, 1.82) is 0 Å². The molecule has 0 saturated carbocycles. The molecule has 1 atom stereocenters. The molecule has 1 fully saturated rings. The number of alkyl halides is 3. The number of amides is 2. The zero-order chi connectivity index (χ0) is 26.2. The standard InChI is InChI=1S/C24H25F3N6O3/c1-14-6-5-7-17(22(14)31(3)12-20-30-28-13-36-20)32(4)23(35)18-8-9-21(34)33(18)19-11-16(24(25,26)27)10-15(2)29-19/h5-7,10-11,13,18H,8-9,12H2,1-4H3. The van der Waals surface area contributed by atoms with Gasteiger partial charge in [0, 0.05) is 26.2 Å². The van der Waals surface area contributed by atoms with Crippen LogP contribution in [0, 0.1) is 13.8 Å². The molecule has 3 heterocycles. The summed E-state index contributed by atoms with van der Waals surface area (Å²) >= 11 is 0. The van der Waals surface area contributed by atoms with Gasteiger partial charge in [0.2, 0.25) is 24.1 Å². The number of para-hydroxylation sites is 1. The smallest absolute Gasteiger partial charge is 0.416 e. The Kier molecular flexibility index (Phi) is 6.70. The Morgan fingerprint density at radius 3 is 2.64 bits per heavy atom. The summed E-state index contributed by atoms with van der Waals surface area (Å²) in [5.74, 6) is -0.685. The van der Waals surface area contributed by atoms with E-state index in [-0.39, 0.29) is 24.4 Å². The molecule has 1 aromatic carbocycles. The molecule has 190 valence electrons. The first kappa shape index (κ1) is 25.1. The average Bonchev–Trinajstić information content (AvgIpc) is 3.46. The highest BCUT2D eigenvalue weighted by Gasteiger charge is 2.41. The highest BCUT2D eigenvalue weighted by Crippen LogP contribution is 2.36. The maximum Gasteiger partial charge on any atom is 0.416 e. The Morgan fingerprint density at radius 1 is 1.22 bits per heavy atom. The third-order valence-electron chi connectivity index (χ3n) is 6.08. The Morgan fingerprint density at radius 2 is 1.97 bits per heavy atom. The van der Waals surface area contributed by atoms with Crippen LogP contribution in [-0.4, -0.2) is 47.1 Å². The first-order valence-corrected chi connectivity index (χ1v) is 11.2. The zero-order valence-corrected chi connectivity index (χ0v) is 20.2. The number of aromatic nitrogens is 3. The van der Waals surface area contributed by atoms with Gasteiger partial charge in [-0.2, -0.15) is 13.2 Å². The molecular weight excluding hydrogens is 477 g/mol. The number of hydrogen-bond acceptors (Lipinski definition) is 7. The van der Waals surface area contributed by atoms with E-state index in [1.165, 1.54) is 18.2 Å². The molecule has 9 nitrogen and oxygen atoms in total. The van der Waals surface area contributed by atoms with E-state index >= 15 is 0 Å². The molecule has 0 N–H and O–H groups in total. The number of halogens is 3. The summed E-state index contributed by atoms with van der Waals surface area (Å²) in [6.07, 6.45) is -3.19. The van der Waals surface area contributed by atoms with Crippen LogP contribution in [0.25, 0.3) is 0 Å². The quantitative estimate of drug-likeness (QED) is 0.505. The summed E-state index contributed by atoms with van der Waals surface area (Å²) in [6, 6.07) is 6.18. The molecule has 2 amide bonds. The second-order valence-corrected chi connectivity index (χ2v) is 8.70. The molecule has 4 rings (SSSR count). The lowest BCUT2D eigenvalue weighted by atomic mass is 10.1. The van der Waals surface area contributed by atoms with Crippen LogP contribution in [0.2, 0.25) is 0 Å². The first-order valence-electron chi connectivity index (χ1n) is 11.2. The Hall–Kier alpha value is -3.96. The minimum absolute atomic E-state index is 0.0267. The van der Waals surface area contributed by atoms with Gasteiger partial charge in [0.25, 0.3) is 0 Å². The number of hydrogen-bond donors (Lipinski definition) is 0. The van der Waals surface area contributed by atoms with Crippen LogP contribution >= 0.6 is 0 Å². The van der Waals surface area contributed by atoms with Crippen LogP contribution < -0.4 is 14.7 Å². The molecule has 1 aliphatic heterocycles. The molecule has 1 aliphatic rings. The van der Waals surface area contributed by atoms with E-state index in [9.17, 15) is 22.8 Å². The van der Waals surface area contributed by atoms with Crippen LogP contribution in [0.4, 0.5) is 30.4 Å². The van der Waals surface area contributed by atoms with E-state index in [1.807, 2.05) is 24.9 Å². The number of carbonyl (C=O) groups is 2. The van der Waals surface area contributed by atoms with Crippen molar-refractivity contribution in [3.05, 3.63) is 59.4 Å². The molecule has 3 aromatic rings. The van der Waals surface area contributed by atoms with Crippen molar-refractivity contribution in [1.82, 2.24) is 15.2 Å². The highest BCUT2D eigenvalue weighted by molar-refractivity contribution is 6.09. The van der Waals surface area contributed by atoms with Crippen molar-refractivity contribution in [2.45, 2.75) is 45.5 Å². The molecule has 2 aromatic heterocycles. The number of nitrogens with zero attached hydrogens (tertiary/aromatic N) is 6. The van der Waals surface area contributed by atoms with Gasteiger partial charge in [-0.25, -0.2) is 4.98 Å². The second kappa shape index (κ2) is 9.59. The molecular formula is C24H25F3N6O3. The van der Waals surface area contributed by atoms with Crippen LogP contribution in [-0.2, 0) is 22.3 Å². The Bertz CT molecular complexity index is 1280. The summed E-state index contributed by atoms with van der Waals surface area (Å²) in [6.45, 7) is 3.60. The van der Waals surface area contributed by atoms with E-state index < -0.39 is 29.6 Å². The van der Waals surface area contributed by atoms with E-state index in [0.717, 1.165) is 28.3 Å². The van der Waals surface area contributed by atoms with E-state index in [1.54, 1.807) is 19.2 Å². The Labute approximate surface area is 205 Å². The molecule has 1 saturated heterocycles. The van der Waals surface area contributed by atoms with Gasteiger partial charge in [0.15, 0.2) is 0 Å². The fourth-order valence-corrected chi connectivity index (χ4v) is 4.44. The van der Waals surface area contributed by atoms with Crippen molar-refractivity contribution >= 4 is 29.0 Å². The number of rotatable bonds is 6. The number of pyridine rings is 1. The predicted molar refractivity (Wildman–Crippen MR) is 125 cm³/mol. The largest absolute Gasteiger partial charge is 0.426 e. The normalized spacial score (nSPS) is 15.9. The number of benzene rings is 1. The Balaban J connectivity index is 1.67. The maximum absolute atomic E-state index is 13.7. The number of likely N-dealkylation sites (N-methyl/N-ethyl adjacent to an activating group) is 1. The lowest BCUT2D eigenvalue weighted by molar-refractivity contribution is -0.137. The zero-order valence-electron chi connectivity index (χ0n) is 20.2. The molecule has 0 spiro atoms. The summed E-state index contributed by atoms with van der Waals surface area (Å²) < 4.78 is 45.5. The number of aryl methyl sites for hydroxylation is 2. The minimum atomic E-state index is -4.61. The lowest BCUT2D eigenvalue weighted by Gasteiger charge is -2.31. The second-order valence-electron chi connectivity index (χ2n) is 8.70. The fraction of sp³-hybridized carbons (Fsp3) is 0.375.